The Hall–Kier alpha value is -7.43. The third kappa shape index (κ3) is 5.26. The summed E-state index contributed by atoms with van der Waals surface area (Å²) in [6, 6.07) is 65.4. The summed E-state index contributed by atoms with van der Waals surface area (Å²) in [5, 5.41) is 7.76. The summed E-state index contributed by atoms with van der Waals surface area (Å²) >= 11 is 0. The Labute approximate surface area is 317 Å². The average Bonchev–Trinajstić information content (AvgIpc) is 3.66. The van der Waals surface area contributed by atoms with Crippen LogP contribution in [0, 0.1) is 0 Å². The summed E-state index contributed by atoms with van der Waals surface area (Å²) in [5.74, 6) is 0.668. The second-order valence-corrected chi connectivity index (χ2v) is 14.0. The molecule has 0 unspecified atom stereocenters. The van der Waals surface area contributed by atoms with Crippen molar-refractivity contribution in [3.8, 4) is 56.3 Å². The van der Waals surface area contributed by atoms with E-state index in [1.54, 1.807) is 0 Å². The molecular formula is C51H31N3O. The molecule has 0 saturated carbocycles. The van der Waals surface area contributed by atoms with E-state index >= 15 is 0 Å². The van der Waals surface area contributed by atoms with Gasteiger partial charge in [0.1, 0.15) is 11.2 Å². The second-order valence-electron chi connectivity index (χ2n) is 14.0. The Balaban J connectivity index is 1.12. The highest BCUT2D eigenvalue weighted by Gasteiger charge is 2.21. The van der Waals surface area contributed by atoms with E-state index in [2.05, 4.69) is 152 Å². The van der Waals surface area contributed by atoms with Crippen molar-refractivity contribution < 1.29 is 4.42 Å². The highest BCUT2D eigenvalue weighted by Crippen LogP contribution is 2.43. The first-order valence-electron chi connectivity index (χ1n) is 18.5. The topological polar surface area (TPSA) is 51.8 Å². The van der Waals surface area contributed by atoms with Gasteiger partial charge in [-0.05, 0) is 63.0 Å². The van der Waals surface area contributed by atoms with Crippen LogP contribution in [-0.4, -0.2) is 15.0 Å². The molecule has 8 aromatic carbocycles. The van der Waals surface area contributed by atoms with Gasteiger partial charge in [0, 0.05) is 33.0 Å². The molecule has 0 aliphatic heterocycles. The number of aromatic nitrogens is 3. The maximum Gasteiger partial charge on any atom is 0.160 e. The molecule has 0 bridgehead atoms. The molecule has 0 atom stereocenters. The molecule has 0 aliphatic rings. The summed E-state index contributed by atoms with van der Waals surface area (Å²) in [6.07, 6.45) is 0. The predicted octanol–water partition coefficient (Wildman–Crippen LogP) is 13.6. The number of hydrogen-bond donors (Lipinski definition) is 0. The van der Waals surface area contributed by atoms with Crippen LogP contribution in [-0.2, 0) is 0 Å². The SMILES string of the molecule is c1ccc(-c2ccc(-c3nc(-c4ccccc4)cc(-c4ccc5nc(-c6cc7ccccc7c7ccccc67)c6c7ccccc7oc6c5c4)n3)cc2)cc1. The van der Waals surface area contributed by atoms with Gasteiger partial charge in [0.05, 0.1) is 28.0 Å². The second kappa shape index (κ2) is 12.6. The van der Waals surface area contributed by atoms with E-state index in [1.807, 2.05) is 36.4 Å². The fraction of sp³-hybridized carbons (Fsp3) is 0. The maximum atomic E-state index is 6.78. The Morgan fingerprint density at radius 3 is 1.73 bits per heavy atom. The van der Waals surface area contributed by atoms with Gasteiger partial charge < -0.3 is 4.42 Å². The van der Waals surface area contributed by atoms with Crippen LogP contribution in [0.4, 0.5) is 0 Å². The number of pyridine rings is 1. The largest absolute Gasteiger partial charge is 0.455 e. The van der Waals surface area contributed by atoms with Crippen molar-refractivity contribution in [2.45, 2.75) is 0 Å². The molecule has 0 fully saturated rings. The number of nitrogens with zero attached hydrogens (tertiary/aromatic N) is 3. The van der Waals surface area contributed by atoms with E-state index in [0.717, 1.165) is 83.1 Å². The van der Waals surface area contributed by atoms with Crippen molar-refractivity contribution in [1.29, 1.82) is 0 Å². The summed E-state index contributed by atoms with van der Waals surface area (Å²) in [5.41, 5.74) is 11.5. The number of hydrogen-bond acceptors (Lipinski definition) is 4. The maximum absolute atomic E-state index is 6.78. The first-order chi connectivity index (χ1) is 27.2. The Bertz CT molecular complexity index is 3240. The van der Waals surface area contributed by atoms with E-state index in [1.165, 1.54) is 21.7 Å². The Morgan fingerprint density at radius 2 is 0.945 bits per heavy atom. The van der Waals surface area contributed by atoms with Gasteiger partial charge in [-0.1, -0.05) is 158 Å². The summed E-state index contributed by atoms with van der Waals surface area (Å²) in [4.78, 5) is 15.7. The van der Waals surface area contributed by atoms with Gasteiger partial charge in [0.25, 0.3) is 0 Å². The highest BCUT2D eigenvalue weighted by atomic mass is 16.3. The quantitative estimate of drug-likeness (QED) is 0.168. The predicted molar refractivity (Wildman–Crippen MR) is 227 cm³/mol. The minimum absolute atomic E-state index is 0.668. The molecule has 0 saturated heterocycles. The van der Waals surface area contributed by atoms with Crippen LogP contribution in [0.1, 0.15) is 0 Å². The van der Waals surface area contributed by atoms with Crippen molar-refractivity contribution in [2.24, 2.45) is 0 Å². The number of furan rings is 1. The zero-order chi connectivity index (χ0) is 36.3. The van der Waals surface area contributed by atoms with E-state index in [4.69, 9.17) is 19.4 Å². The van der Waals surface area contributed by atoms with Crippen LogP contribution >= 0.6 is 0 Å². The van der Waals surface area contributed by atoms with Gasteiger partial charge in [-0.25, -0.2) is 15.0 Å². The molecule has 0 amide bonds. The van der Waals surface area contributed by atoms with Crippen LogP contribution in [0.3, 0.4) is 0 Å². The van der Waals surface area contributed by atoms with Crippen LogP contribution in [0.5, 0.6) is 0 Å². The first-order valence-corrected chi connectivity index (χ1v) is 18.5. The molecule has 256 valence electrons. The lowest BCUT2D eigenvalue weighted by Gasteiger charge is -2.13. The van der Waals surface area contributed by atoms with Crippen molar-refractivity contribution in [2.75, 3.05) is 0 Å². The normalized spacial score (nSPS) is 11.6. The van der Waals surface area contributed by atoms with Crippen molar-refractivity contribution in [1.82, 2.24) is 15.0 Å². The lowest BCUT2D eigenvalue weighted by Crippen LogP contribution is -1.96. The molecule has 55 heavy (non-hydrogen) atoms. The van der Waals surface area contributed by atoms with Crippen LogP contribution in [0.25, 0.3) is 111 Å². The van der Waals surface area contributed by atoms with E-state index in [0.29, 0.717) is 5.82 Å². The van der Waals surface area contributed by atoms with Gasteiger partial charge >= 0.3 is 0 Å². The third-order valence-electron chi connectivity index (χ3n) is 10.7. The molecule has 0 N–H and O–H groups in total. The van der Waals surface area contributed by atoms with Gasteiger partial charge in [-0.3, -0.25) is 0 Å². The van der Waals surface area contributed by atoms with Gasteiger partial charge in [0.2, 0.25) is 0 Å². The monoisotopic (exact) mass is 701 g/mol. The number of rotatable bonds is 5. The fourth-order valence-corrected chi connectivity index (χ4v) is 7.99. The lowest BCUT2D eigenvalue weighted by molar-refractivity contribution is 0.672. The number of fused-ring (bicyclic) bond motifs is 8. The molecule has 0 spiro atoms. The first kappa shape index (κ1) is 31.1. The average molecular weight is 702 g/mol. The van der Waals surface area contributed by atoms with Crippen LogP contribution < -0.4 is 0 Å². The molecule has 4 nitrogen and oxygen atoms in total. The van der Waals surface area contributed by atoms with Crippen molar-refractivity contribution >= 4 is 54.4 Å². The molecule has 3 heterocycles. The molecule has 0 aliphatic carbocycles. The molecule has 11 rings (SSSR count). The Kier molecular flexibility index (Phi) is 7.14. The lowest BCUT2D eigenvalue weighted by atomic mass is 9.93. The summed E-state index contributed by atoms with van der Waals surface area (Å²) < 4.78 is 6.78. The number of benzene rings is 8. The van der Waals surface area contributed by atoms with E-state index < -0.39 is 0 Å². The van der Waals surface area contributed by atoms with Gasteiger partial charge in [-0.15, -0.1) is 0 Å². The zero-order valence-corrected chi connectivity index (χ0v) is 29.6. The zero-order valence-electron chi connectivity index (χ0n) is 29.6. The summed E-state index contributed by atoms with van der Waals surface area (Å²) in [6.45, 7) is 0. The smallest absolute Gasteiger partial charge is 0.160 e. The molecule has 11 aromatic rings. The van der Waals surface area contributed by atoms with Crippen molar-refractivity contribution in [3.05, 3.63) is 188 Å². The minimum Gasteiger partial charge on any atom is -0.455 e. The molecule has 4 heteroatoms. The molecule has 3 aromatic heterocycles. The fourth-order valence-electron chi connectivity index (χ4n) is 7.99. The van der Waals surface area contributed by atoms with Crippen LogP contribution in [0.2, 0.25) is 0 Å². The minimum atomic E-state index is 0.668. The Morgan fingerprint density at radius 1 is 0.364 bits per heavy atom. The van der Waals surface area contributed by atoms with Gasteiger partial charge in [-0.2, -0.15) is 0 Å². The third-order valence-corrected chi connectivity index (χ3v) is 10.7. The number of para-hydroxylation sites is 1. The highest BCUT2D eigenvalue weighted by molar-refractivity contribution is 6.23. The molecule has 0 radical (unpaired) electrons. The van der Waals surface area contributed by atoms with E-state index in [9.17, 15) is 0 Å². The van der Waals surface area contributed by atoms with Gasteiger partial charge in [0.15, 0.2) is 5.82 Å². The molecular weight excluding hydrogens is 671 g/mol. The van der Waals surface area contributed by atoms with E-state index in [-0.39, 0.29) is 0 Å². The standard InChI is InChI=1S/C51H31N3O/c1-3-13-32(14-4-1)33-23-25-35(26-24-33)51-53-45(34-15-5-2-6-16-34)31-46(54-51)37-27-28-44-43(30-37)50-48(41-21-11-12-22-47(41)55-50)49(52-44)42-29-36-17-7-8-18-38(36)39-19-9-10-20-40(39)42/h1-31H. The van der Waals surface area contributed by atoms with Crippen molar-refractivity contribution in [3.63, 3.8) is 0 Å². The van der Waals surface area contributed by atoms with Crippen LogP contribution in [0.15, 0.2) is 192 Å². The summed E-state index contributed by atoms with van der Waals surface area (Å²) in [7, 11) is 0.